The van der Waals surface area contributed by atoms with Gasteiger partial charge in [0.1, 0.15) is 5.83 Å². The summed E-state index contributed by atoms with van der Waals surface area (Å²) >= 11 is 0. The molecule has 0 radical (unpaired) electrons. The Hall–Kier alpha value is -1.40. The number of aliphatic hydroxyl groups excluding tert-OH is 1. The lowest BCUT2D eigenvalue weighted by Crippen LogP contribution is -2.14. The Bertz CT molecular complexity index is 585. The minimum Gasteiger partial charge on any atom is -0.395 e. The summed E-state index contributed by atoms with van der Waals surface area (Å²) in [5, 5.41) is 8.72. The lowest BCUT2D eigenvalue weighted by molar-refractivity contribution is 0.320. The van der Waals surface area contributed by atoms with Gasteiger partial charge in [0.2, 0.25) is 0 Å². The molecule has 1 aliphatic rings. The second kappa shape index (κ2) is 5.07. The van der Waals surface area contributed by atoms with E-state index in [0.717, 1.165) is 11.3 Å². The number of aromatic amines is 1. The van der Waals surface area contributed by atoms with Crippen molar-refractivity contribution >= 4 is 15.4 Å². The van der Waals surface area contributed by atoms with E-state index in [-0.39, 0.29) is 11.3 Å². The number of aliphatic hydroxyl groups is 1. The van der Waals surface area contributed by atoms with Crippen molar-refractivity contribution in [2.24, 2.45) is 0 Å². The van der Waals surface area contributed by atoms with E-state index in [0.29, 0.717) is 6.42 Å². The number of halogens is 1. The average Bonchev–Trinajstić information content (AvgIpc) is 2.82. The first-order valence-corrected chi connectivity index (χ1v) is 7.26. The number of rotatable bonds is 4. The van der Waals surface area contributed by atoms with Gasteiger partial charge in [-0.05, 0) is 30.2 Å². The third-order valence-electron chi connectivity index (χ3n) is 2.83. The summed E-state index contributed by atoms with van der Waals surface area (Å²) in [5.41, 5.74) is 1.55. The van der Waals surface area contributed by atoms with E-state index in [9.17, 15) is 12.8 Å². The van der Waals surface area contributed by atoms with E-state index >= 15 is 0 Å². The summed E-state index contributed by atoms with van der Waals surface area (Å²) in [7, 11) is -3.74. The minimum atomic E-state index is -3.74. The molecule has 0 aliphatic heterocycles. The lowest BCUT2D eigenvalue weighted by atomic mass is 10.0. The van der Waals surface area contributed by atoms with Crippen molar-refractivity contribution in [3.8, 4) is 0 Å². The topological polar surface area (TPSA) is 70.2 Å². The highest BCUT2D eigenvalue weighted by Gasteiger charge is 2.24. The van der Waals surface area contributed by atoms with E-state index in [1.54, 1.807) is 12.3 Å². The molecule has 0 amide bonds. The van der Waals surface area contributed by atoms with Crippen molar-refractivity contribution in [2.75, 3.05) is 12.4 Å². The van der Waals surface area contributed by atoms with Crippen molar-refractivity contribution in [1.29, 1.82) is 0 Å². The third-order valence-corrected chi connectivity index (χ3v) is 4.55. The van der Waals surface area contributed by atoms with Crippen LogP contribution >= 0.6 is 0 Å². The fourth-order valence-electron chi connectivity index (χ4n) is 1.91. The summed E-state index contributed by atoms with van der Waals surface area (Å²) in [6.45, 7) is -0.509. The van der Waals surface area contributed by atoms with Gasteiger partial charge in [0.25, 0.3) is 0 Å². The Morgan fingerprint density at radius 3 is 2.78 bits per heavy atom. The second-order valence-electron chi connectivity index (χ2n) is 4.07. The molecular formula is C12H14FNO3S. The van der Waals surface area contributed by atoms with Gasteiger partial charge in [-0.1, -0.05) is 0 Å². The van der Waals surface area contributed by atoms with Crippen molar-refractivity contribution in [3.63, 3.8) is 0 Å². The van der Waals surface area contributed by atoms with Crippen LogP contribution < -0.4 is 0 Å². The molecule has 0 atom stereocenters. The maximum Gasteiger partial charge on any atom is 0.183 e. The molecule has 2 N–H and O–H groups in total. The van der Waals surface area contributed by atoms with Crippen LogP contribution in [-0.4, -0.2) is 30.9 Å². The van der Waals surface area contributed by atoms with Crippen LogP contribution in [0.15, 0.2) is 35.1 Å². The summed E-state index contributed by atoms with van der Waals surface area (Å²) < 4.78 is 37.2. The van der Waals surface area contributed by atoms with Crippen molar-refractivity contribution in [2.45, 2.75) is 12.8 Å². The van der Waals surface area contributed by atoms with E-state index in [1.807, 2.05) is 6.07 Å². The quantitative estimate of drug-likeness (QED) is 0.877. The predicted molar refractivity (Wildman–Crippen MR) is 67.0 cm³/mol. The monoisotopic (exact) mass is 271 g/mol. The highest BCUT2D eigenvalue weighted by Crippen LogP contribution is 2.33. The molecule has 0 saturated heterocycles. The molecule has 1 aliphatic carbocycles. The molecule has 0 aromatic carbocycles. The number of hydrogen-bond acceptors (Lipinski definition) is 3. The molecule has 0 spiro atoms. The molecule has 0 bridgehead atoms. The highest BCUT2D eigenvalue weighted by molar-refractivity contribution is 7.95. The van der Waals surface area contributed by atoms with Crippen molar-refractivity contribution in [1.82, 2.24) is 4.98 Å². The van der Waals surface area contributed by atoms with Crippen LogP contribution in [-0.2, 0) is 9.84 Å². The summed E-state index contributed by atoms with van der Waals surface area (Å²) in [6, 6.07) is 3.61. The Labute approximate surface area is 105 Å². The number of H-pyrrole nitrogens is 1. The van der Waals surface area contributed by atoms with Gasteiger partial charge >= 0.3 is 0 Å². The molecule has 98 valence electrons. The Kier molecular flexibility index (Phi) is 3.68. The number of hydrogen-bond donors (Lipinski definition) is 2. The van der Waals surface area contributed by atoms with Crippen LogP contribution in [0.5, 0.6) is 0 Å². The highest BCUT2D eigenvalue weighted by atomic mass is 32.2. The van der Waals surface area contributed by atoms with Crippen molar-refractivity contribution in [3.05, 3.63) is 40.8 Å². The van der Waals surface area contributed by atoms with Crippen LogP contribution in [0.1, 0.15) is 18.5 Å². The molecule has 6 heteroatoms. The van der Waals surface area contributed by atoms with E-state index in [2.05, 4.69) is 4.98 Å². The number of sulfone groups is 1. The maximum atomic E-state index is 13.6. The van der Waals surface area contributed by atoms with Crippen LogP contribution in [0, 0.1) is 0 Å². The van der Waals surface area contributed by atoms with Crippen LogP contribution in [0.3, 0.4) is 0 Å². The molecule has 0 saturated carbocycles. The first-order chi connectivity index (χ1) is 8.54. The Morgan fingerprint density at radius 1 is 1.39 bits per heavy atom. The fraction of sp³-hybridized carbons (Fsp3) is 0.333. The van der Waals surface area contributed by atoms with Gasteiger partial charge in [-0.15, -0.1) is 0 Å². The first kappa shape index (κ1) is 13.0. The van der Waals surface area contributed by atoms with Crippen LogP contribution in [0.4, 0.5) is 4.39 Å². The smallest absolute Gasteiger partial charge is 0.183 e. The minimum absolute atomic E-state index is 0.0743. The normalized spacial score (nSPS) is 16.9. The van der Waals surface area contributed by atoms with Gasteiger partial charge in [0.15, 0.2) is 9.84 Å². The number of allylic oxidation sites excluding steroid dienone is 3. The van der Waals surface area contributed by atoms with Crippen molar-refractivity contribution < 1.29 is 17.9 Å². The summed E-state index contributed by atoms with van der Waals surface area (Å²) in [6.07, 6.45) is 3.62. The summed E-state index contributed by atoms with van der Waals surface area (Å²) in [4.78, 5) is 2.67. The zero-order valence-corrected chi connectivity index (χ0v) is 10.5. The molecule has 4 nitrogen and oxygen atoms in total. The first-order valence-electron chi connectivity index (χ1n) is 5.61. The van der Waals surface area contributed by atoms with Gasteiger partial charge in [0, 0.05) is 18.3 Å². The SMILES string of the molecule is O=S(=O)(CCO)C1=C(F)CCC(c2ccc[nH]2)=C1. The summed E-state index contributed by atoms with van der Waals surface area (Å²) in [5.74, 6) is -1.08. The Morgan fingerprint density at radius 2 is 2.17 bits per heavy atom. The molecule has 1 aromatic rings. The van der Waals surface area contributed by atoms with Gasteiger partial charge in [-0.25, -0.2) is 12.8 Å². The van der Waals surface area contributed by atoms with E-state index in [4.69, 9.17) is 5.11 Å². The largest absolute Gasteiger partial charge is 0.395 e. The Balaban J connectivity index is 2.40. The third kappa shape index (κ3) is 2.54. The van der Waals surface area contributed by atoms with Gasteiger partial charge in [0.05, 0.1) is 17.3 Å². The number of aromatic nitrogens is 1. The van der Waals surface area contributed by atoms with Gasteiger partial charge in [-0.3, -0.25) is 0 Å². The van der Waals surface area contributed by atoms with Gasteiger partial charge in [-0.2, -0.15) is 0 Å². The average molecular weight is 271 g/mol. The predicted octanol–water partition coefficient (Wildman–Crippen LogP) is 1.78. The maximum absolute atomic E-state index is 13.6. The standard InChI is InChI=1S/C12H14FNO3S/c13-10-4-3-9(11-2-1-5-14-11)8-12(10)18(16,17)7-6-15/h1-2,5,8,14-15H,3-4,6-7H2. The fourth-order valence-corrected chi connectivity index (χ4v) is 3.13. The second-order valence-corrected chi connectivity index (χ2v) is 6.14. The van der Waals surface area contributed by atoms with Crippen LogP contribution in [0.25, 0.3) is 5.57 Å². The molecule has 18 heavy (non-hydrogen) atoms. The van der Waals surface area contributed by atoms with Crippen LogP contribution in [0.2, 0.25) is 0 Å². The van der Waals surface area contributed by atoms with Gasteiger partial charge < -0.3 is 10.1 Å². The lowest BCUT2D eigenvalue weighted by Gasteiger charge is -2.15. The zero-order chi connectivity index (χ0) is 13.2. The molecule has 1 heterocycles. The van der Waals surface area contributed by atoms with E-state index < -0.39 is 28.0 Å². The molecule has 0 fully saturated rings. The van der Waals surface area contributed by atoms with E-state index in [1.165, 1.54) is 6.08 Å². The number of nitrogens with one attached hydrogen (secondary N) is 1. The molecule has 1 aromatic heterocycles. The molecule has 0 unspecified atom stereocenters. The molecular weight excluding hydrogens is 257 g/mol. The molecule has 2 rings (SSSR count). The zero-order valence-electron chi connectivity index (χ0n) is 9.69.